The molecule has 0 aromatic rings. The van der Waals surface area contributed by atoms with Crippen LogP contribution in [0, 0.1) is 0 Å². The van der Waals surface area contributed by atoms with Gasteiger partial charge in [0.1, 0.15) is 0 Å². The van der Waals surface area contributed by atoms with Crippen LogP contribution in [0.1, 0.15) is 26.2 Å². The SMILES string of the molecule is CCCCNC(=O)[C@@H](N)CC(=O)NCCOCCNC. The van der Waals surface area contributed by atoms with Crippen molar-refractivity contribution in [1.29, 1.82) is 0 Å². The van der Waals surface area contributed by atoms with E-state index in [2.05, 4.69) is 16.0 Å². The van der Waals surface area contributed by atoms with Gasteiger partial charge in [-0.05, 0) is 13.5 Å². The van der Waals surface area contributed by atoms with E-state index in [0.29, 0.717) is 26.3 Å². The summed E-state index contributed by atoms with van der Waals surface area (Å²) in [4.78, 5) is 23.1. The average Bonchev–Trinajstić information content (AvgIpc) is 2.42. The normalized spacial score (nSPS) is 11.9. The first-order chi connectivity index (χ1) is 9.61. The van der Waals surface area contributed by atoms with Gasteiger partial charge >= 0.3 is 0 Å². The number of hydrogen-bond donors (Lipinski definition) is 4. The van der Waals surface area contributed by atoms with Crippen LogP contribution in [-0.4, -0.2) is 57.8 Å². The molecule has 7 heteroatoms. The molecule has 0 aromatic carbocycles. The molecular weight excluding hydrogens is 260 g/mol. The van der Waals surface area contributed by atoms with E-state index in [4.69, 9.17) is 10.5 Å². The van der Waals surface area contributed by atoms with Crippen LogP contribution in [0.15, 0.2) is 0 Å². The van der Waals surface area contributed by atoms with Crippen LogP contribution >= 0.6 is 0 Å². The summed E-state index contributed by atoms with van der Waals surface area (Å²) in [6, 6.07) is -0.794. The maximum absolute atomic E-state index is 11.6. The van der Waals surface area contributed by atoms with Crippen LogP contribution in [0.5, 0.6) is 0 Å². The number of hydrogen-bond acceptors (Lipinski definition) is 5. The molecule has 118 valence electrons. The van der Waals surface area contributed by atoms with Crippen molar-refractivity contribution in [3.05, 3.63) is 0 Å². The molecule has 0 unspecified atom stereocenters. The first kappa shape index (κ1) is 18.8. The lowest BCUT2D eigenvalue weighted by Crippen LogP contribution is -2.44. The maximum atomic E-state index is 11.6. The molecule has 0 aliphatic heterocycles. The molecule has 1 atom stereocenters. The zero-order valence-electron chi connectivity index (χ0n) is 12.5. The predicted octanol–water partition coefficient (Wildman–Crippen LogP) is -1.03. The molecule has 0 radical (unpaired) electrons. The Hall–Kier alpha value is -1.18. The van der Waals surface area contributed by atoms with Gasteiger partial charge in [-0.1, -0.05) is 13.3 Å². The minimum absolute atomic E-state index is 0.00548. The molecule has 0 aliphatic rings. The molecular formula is C13H28N4O3. The molecule has 0 aromatic heterocycles. The van der Waals surface area contributed by atoms with Gasteiger partial charge in [-0.3, -0.25) is 9.59 Å². The summed E-state index contributed by atoms with van der Waals surface area (Å²) in [5.41, 5.74) is 5.66. The third kappa shape index (κ3) is 10.7. The maximum Gasteiger partial charge on any atom is 0.237 e. The van der Waals surface area contributed by atoms with Gasteiger partial charge in [0.25, 0.3) is 0 Å². The van der Waals surface area contributed by atoms with Crippen molar-refractivity contribution in [2.24, 2.45) is 5.73 Å². The molecule has 7 nitrogen and oxygen atoms in total. The topological polar surface area (TPSA) is 105 Å². The monoisotopic (exact) mass is 288 g/mol. The van der Waals surface area contributed by atoms with E-state index in [1.807, 2.05) is 14.0 Å². The Morgan fingerprint density at radius 3 is 2.50 bits per heavy atom. The summed E-state index contributed by atoms with van der Waals surface area (Å²) in [5, 5.41) is 8.33. The lowest BCUT2D eigenvalue weighted by Gasteiger charge is -2.12. The van der Waals surface area contributed by atoms with Crippen molar-refractivity contribution in [3.8, 4) is 0 Å². The molecule has 0 saturated heterocycles. The van der Waals surface area contributed by atoms with Gasteiger partial charge < -0.3 is 26.4 Å². The third-order valence-corrected chi connectivity index (χ3v) is 2.64. The van der Waals surface area contributed by atoms with Gasteiger partial charge in [0.05, 0.1) is 25.7 Å². The van der Waals surface area contributed by atoms with Gasteiger partial charge in [-0.15, -0.1) is 0 Å². The average molecular weight is 288 g/mol. The van der Waals surface area contributed by atoms with Crippen LogP contribution in [0.25, 0.3) is 0 Å². The number of ether oxygens (including phenoxy) is 1. The number of nitrogens with two attached hydrogens (primary N) is 1. The number of unbranched alkanes of at least 4 members (excludes halogenated alkanes) is 1. The lowest BCUT2D eigenvalue weighted by molar-refractivity contribution is -0.127. The minimum atomic E-state index is -0.794. The summed E-state index contributed by atoms with van der Waals surface area (Å²) in [6.07, 6.45) is 1.91. The number of carbonyl (C=O) groups excluding carboxylic acids is 2. The second kappa shape index (κ2) is 12.8. The van der Waals surface area contributed by atoms with Gasteiger partial charge in [-0.2, -0.15) is 0 Å². The number of nitrogens with one attached hydrogen (secondary N) is 3. The van der Waals surface area contributed by atoms with E-state index in [1.54, 1.807) is 0 Å². The highest BCUT2D eigenvalue weighted by molar-refractivity contribution is 5.88. The fourth-order valence-corrected chi connectivity index (χ4v) is 1.42. The Bertz CT molecular complexity index is 274. The Morgan fingerprint density at radius 1 is 1.15 bits per heavy atom. The third-order valence-electron chi connectivity index (χ3n) is 2.64. The summed E-state index contributed by atoms with van der Waals surface area (Å²) in [6.45, 7) is 4.89. The highest BCUT2D eigenvalue weighted by Crippen LogP contribution is 1.90. The highest BCUT2D eigenvalue weighted by Gasteiger charge is 2.16. The van der Waals surface area contributed by atoms with E-state index in [-0.39, 0.29) is 18.2 Å². The van der Waals surface area contributed by atoms with Gasteiger partial charge in [0, 0.05) is 19.6 Å². The Kier molecular flexibility index (Phi) is 12.1. The second-order valence-electron chi connectivity index (χ2n) is 4.52. The summed E-state index contributed by atoms with van der Waals surface area (Å²) in [7, 11) is 1.85. The fourth-order valence-electron chi connectivity index (χ4n) is 1.42. The molecule has 0 rings (SSSR count). The largest absolute Gasteiger partial charge is 0.378 e. The Labute approximate surface area is 121 Å². The standard InChI is InChI=1S/C13H28N4O3/c1-3-4-5-17-13(19)11(14)10-12(18)16-7-9-20-8-6-15-2/h11,15H,3-10,14H2,1-2H3,(H,16,18)(H,17,19)/t11-/m0/s1. The minimum Gasteiger partial charge on any atom is -0.378 e. The van der Waals surface area contributed by atoms with Crippen LogP contribution < -0.4 is 21.7 Å². The summed E-state index contributed by atoms with van der Waals surface area (Å²) >= 11 is 0. The molecule has 20 heavy (non-hydrogen) atoms. The van der Waals surface area contributed by atoms with Gasteiger partial charge in [-0.25, -0.2) is 0 Å². The van der Waals surface area contributed by atoms with Crippen LogP contribution in [0.2, 0.25) is 0 Å². The molecule has 0 aliphatic carbocycles. The van der Waals surface area contributed by atoms with Crippen LogP contribution in [-0.2, 0) is 14.3 Å². The zero-order valence-corrected chi connectivity index (χ0v) is 12.5. The van der Waals surface area contributed by atoms with Crippen molar-refractivity contribution in [3.63, 3.8) is 0 Å². The van der Waals surface area contributed by atoms with E-state index in [1.165, 1.54) is 0 Å². The molecule has 0 bridgehead atoms. The Balaban J connectivity index is 3.60. The van der Waals surface area contributed by atoms with Crippen molar-refractivity contribution in [2.45, 2.75) is 32.2 Å². The number of carbonyl (C=O) groups is 2. The number of amides is 2. The van der Waals surface area contributed by atoms with E-state index in [0.717, 1.165) is 19.4 Å². The molecule has 0 spiro atoms. The van der Waals surface area contributed by atoms with Crippen molar-refractivity contribution in [1.82, 2.24) is 16.0 Å². The Morgan fingerprint density at radius 2 is 1.85 bits per heavy atom. The van der Waals surface area contributed by atoms with Gasteiger partial charge in [0.2, 0.25) is 11.8 Å². The molecule has 2 amide bonds. The van der Waals surface area contributed by atoms with E-state index < -0.39 is 6.04 Å². The summed E-state index contributed by atoms with van der Waals surface area (Å²) in [5.74, 6) is -0.515. The highest BCUT2D eigenvalue weighted by atomic mass is 16.5. The number of likely N-dealkylation sites (N-methyl/N-ethyl adjacent to an activating group) is 1. The zero-order chi connectivity index (χ0) is 15.2. The van der Waals surface area contributed by atoms with Crippen molar-refractivity contribution in [2.75, 3.05) is 39.9 Å². The first-order valence-electron chi connectivity index (χ1n) is 7.14. The molecule has 0 heterocycles. The van der Waals surface area contributed by atoms with Crippen LogP contribution in [0.4, 0.5) is 0 Å². The fraction of sp³-hybridized carbons (Fsp3) is 0.846. The van der Waals surface area contributed by atoms with E-state index >= 15 is 0 Å². The second-order valence-corrected chi connectivity index (χ2v) is 4.52. The lowest BCUT2D eigenvalue weighted by atomic mass is 10.2. The van der Waals surface area contributed by atoms with Crippen molar-refractivity contribution < 1.29 is 14.3 Å². The quantitative estimate of drug-likeness (QED) is 0.344. The van der Waals surface area contributed by atoms with Gasteiger partial charge in [0.15, 0.2) is 0 Å². The molecule has 5 N–H and O–H groups in total. The predicted molar refractivity (Wildman–Crippen MR) is 78.3 cm³/mol. The summed E-state index contributed by atoms with van der Waals surface area (Å²) < 4.78 is 5.25. The number of rotatable bonds is 12. The molecule has 0 fully saturated rings. The molecule has 0 saturated carbocycles. The van der Waals surface area contributed by atoms with Crippen LogP contribution in [0.3, 0.4) is 0 Å². The van der Waals surface area contributed by atoms with Crippen molar-refractivity contribution >= 4 is 11.8 Å². The first-order valence-corrected chi connectivity index (χ1v) is 7.14. The smallest absolute Gasteiger partial charge is 0.237 e. The van der Waals surface area contributed by atoms with E-state index in [9.17, 15) is 9.59 Å².